The van der Waals surface area contributed by atoms with E-state index in [0.29, 0.717) is 25.6 Å². The Hall–Kier alpha value is -6.44. The zero-order valence-corrected chi connectivity index (χ0v) is 39.4. The van der Waals surface area contributed by atoms with Gasteiger partial charge in [0.15, 0.2) is 0 Å². The van der Waals surface area contributed by atoms with Crippen molar-refractivity contribution >= 4 is 23.8 Å². The number of aryl methyl sites for hydroxylation is 2. The minimum atomic E-state index is -0.740. The van der Waals surface area contributed by atoms with Crippen molar-refractivity contribution in [2.45, 2.75) is 134 Å². The first-order valence-corrected chi connectivity index (χ1v) is 25.0. The molecule has 14 heteroatoms. The number of rotatable bonds is 11. The standard InChI is InChI=1S/C54H62N8O6/c1-30(2)46(60-54(66)67-3)52(64)61-23-7-11-43(61)49-55-28-42(57-49)36-19-21-38-37(25-36)29-68-45-27-39-35(26-40(38)45)20-22-41-48(39)58-50(56-41)44-12-8-24-62(44)53(65)47(59-51(63)34-17-18-34)33-15-13-32(14-16-33)31-9-5-4-6-10-31/h13-16,19,21,25-28,30-31,34,43-44,46-47H,4-12,17-18,20,22-24,29H2,1-3H3,(H,55,57)(H,56,58)(H,59,63)(H,60,66)/t43-,44-,46-,47+/m0/s1. The molecule has 5 aromatic rings. The second kappa shape index (κ2) is 18.2. The van der Waals surface area contributed by atoms with Crippen LogP contribution >= 0.6 is 0 Å². The molecule has 2 saturated carbocycles. The molecule has 4 N–H and O–H groups in total. The first-order chi connectivity index (χ1) is 33.1. The van der Waals surface area contributed by atoms with Gasteiger partial charge in [0.25, 0.3) is 0 Å². The number of hydrogen-bond donors (Lipinski definition) is 4. The fourth-order valence-corrected chi connectivity index (χ4v) is 11.5. The van der Waals surface area contributed by atoms with E-state index in [-0.39, 0.29) is 41.6 Å². The zero-order valence-electron chi connectivity index (χ0n) is 39.4. The number of likely N-dealkylation sites (tertiary alicyclic amines) is 2. The number of amides is 4. The second-order valence-corrected chi connectivity index (χ2v) is 20.3. The number of nitrogens with one attached hydrogen (secondary N) is 4. The van der Waals surface area contributed by atoms with Gasteiger partial charge in [-0.1, -0.05) is 69.5 Å². The highest BCUT2D eigenvalue weighted by Crippen LogP contribution is 2.46. The average Bonchev–Trinajstić information content (AvgIpc) is 3.77. The molecule has 11 rings (SSSR count). The van der Waals surface area contributed by atoms with Gasteiger partial charge < -0.3 is 39.9 Å². The average molecular weight is 919 g/mol. The minimum Gasteiger partial charge on any atom is -0.488 e. The largest absolute Gasteiger partial charge is 0.488 e. The normalized spacial score (nSPS) is 20.7. The quantitative estimate of drug-likeness (QED) is 0.102. The molecule has 4 fully saturated rings. The predicted molar refractivity (Wildman–Crippen MR) is 256 cm³/mol. The van der Waals surface area contributed by atoms with Crippen LogP contribution in [0.4, 0.5) is 4.79 Å². The number of alkyl carbamates (subject to hydrolysis) is 1. The summed E-state index contributed by atoms with van der Waals surface area (Å²) in [6.07, 6.45) is 14.1. The molecule has 0 bridgehead atoms. The van der Waals surface area contributed by atoms with Gasteiger partial charge in [-0.2, -0.15) is 0 Å². The number of hydrogen-bond acceptors (Lipinski definition) is 8. The Morgan fingerprint density at radius 2 is 1.50 bits per heavy atom. The summed E-state index contributed by atoms with van der Waals surface area (Å²) in [7, 11) is 1.30. The van der Waals surface area contributed by atoms with Gasteiger partial charge in [-0.05, 0) is 128 Å². The summed E-state index contributed by atoms with van der Waals surface area (Å²) in [4.78, 5) is 74.7. The van der Waals surface area contributed by atoms with E-state index in [9.17, 15) is 19.2 Å². The van der Waals surface area contributed by atoms with E-state index >= 15 is 0 Å². The number of carbonyl (C=O) groups is 4. The number of H-pyrrole nitrogens is 2. The molecule has 4 atom stereocenters. The van der Waals surface area contributed by atoms with Crippen molar-refractivity contribution in [1.82, 2.24) is 40.4 Å². The molecular formula is C54H62N8O6. The van der Waals surface area contributed by atoms with Crippen LogP contribution in [0.25, 0.3) is 33.6 Å². The van der Waals surface area contributed by atoms with Crippen LogP contribution in [0.3, 0.4) is 0 Å². The second-order valence-electron chi connectivity index (χ2n) is 20.3. The Labute approximate surface area is 397 Å². The van der Waals surface area contributed by atoms with Crippen molar-refractivity contribution in [2.75, 3.05) is 20.2 Å². The maximum absolute atomic E-state index is 14.7. The van der Waals surface area contributed by atoms with Crippen LogP contribution in [0.2, 0.25) is 0 Å². The van der Waals surface area contributed by atoms with E-state index in [0.717, 1.165) is 119 Å². The van der Waals surface area contributed by atoms with E-state index < -0.39 is 18.2 Å². The summed E-state index contributed by atoms with van der Waals surface area (Å²) < 4.78 is 11.3. The molecule has 354 valence electrons. The fraction of sp³-hybridized carbons (Fsp3) is 0.481. The van der Waals surface area contributed by atoms with E-state index in [1.165, 1.54) is 50.3 Å². The van der Waals surface area contributed by atoms with Crippen LogP contribution in [0, 0.1) is 11.8 Å². The molecule has 3 aliphatic heterocycles. The summed E-state index contributed by atoms with van der Waals surface area (Å²) in [6.45, 7) is 5.43. The van der Waals surface area contributed by atoms with Crippen molar-refractivity contribution in [3.63, 3.8) is 0 Å². The topological polar surface area (TPSA) is 175 Å². The lowest BCUT2D eigenvalue weighted by Gasteiger charge is -2.30. The first kappa shape index (κ1) is 44.1. The van der Waals surface area contributed by atoms with Crippen LogP contribution in [-0.4, -0.2) is 79.8 Å². The molecule has 3 aromatic carbocycles. The van der Waals surface area contributed by atoms with Gasteiger partial charge in [0.1, 0.15) is 36.1 Å². The highest BCUT2D eigenvalue weighted by Gasteiger charge is 2.41. The predicted octanol–water partition coefficient (Wildman–Crippen LogP) is 9.15. The van der Waals surface area contributed by atoms with E-state index in [2.05, 4.69) is 75.2 Å². The third kappa shape index (κ3) is 8.33. The van der Waals surface area contributed by atoms with Crippen LogP contribution in [-0.2, 0) is 38.6 Å². The number of methoxy groups -OCH3 is 1. The number of carbonyl (C=O) groups excluding carboxylic acids is 4. The SMILES string of the molecule is COC(=O)N[C@H](C(=O)N1CCC[C@H]1c1ncc(-c2ccc3c(c2)COc2cc4c(cc2-3)CCc2[nH]c([C@@H]3CCCN3C(=O)[C@H](NC(=O)C3CC3)c3ccc(C5CCCCC5)cc3)nc2-4)[nH]1)C(C)C. The van der Waals surface area contributed by atoms with E-state index in [1.807, 2.05) is 29.8 Å². The van der Waals surface area contributed by atoms with Gasteiger partial charge in [0.2, 0.25) is 17.7 Å². The third-order valence-corrected chi connectivity index (χ3v) is 15.5. The van der Waals surface area contributed by atoms with Crippen LogP contribution < -0.4 is 15.4 Å². The molecule has 6 aliphatic rings. The number of aromatic nitrogens is 4. The van der Waals surface area contributed by atoms with Gasteiger partial charge in [-0.25, -0.2) is 14.8 Å². The van der Waals surface area contributed by atoms with Gasteiger partial charge in [-0.3, -0.25) is 14.4 Å². The smallest absolute Gasteiger partial charge is 0.407 e. The highest BCUT2D eigenvalue weighted by molar-refractivity contribution is 5.91. The first-order valence-electron chi connectivity index (χ1n) is 25.0. The Kier molecular flexibility index (Phi) is 11.8. The summed E-state index contributed by atoms with van der Waals surface area (Å²) in [5.74, 6) is 2.55. The third-order valence-electron chi connectivity index (χ3n) is 15.5. The lowest BCUT2D eigenvalue weighted by atomic mass is 9.83. The molecule has 3 aliphatic carbocycles. The van der Waals surface area contributed by atoms with Crippen molar-refractivity contribution in [2.24, 2.45) is 11.8 Å². The van der Waals surface area contributed by atoms with E-state index in [1.54, 1.807) is 0 Å². The Morgan fingerprint density at radius 3 is 2.24 bits per heavy atom. The molecule has 0 unspecified atom stereocenters. The van der Waals surface area contributed by atoms with Crippen molar-refractivity contribution < 1.29 is 28.7 Å². The Morgan fingerprint density at radius 1 is 0.750 bits per heavy atom. The summed E-state index contributed by atoms with van der Waals surface area (Å²) in [6, 6.07) is 17.4. The summed E-state index contributed by atoms with van der Waals surface area (Å²) >= 11 is 0. The lowest BCUT2D eigenvalue weighted by molar-refractivity contribution is -0.138. The number of nitrogens with zero attached hydrogens (tertiary/aromatic N) is 4. The molecule has 0 spiro atoms. The van der Waals surface area contributed by atoms with E-state index in [4.69, 9.17) is 19.4 Å². The maximum atomic E-state index is 14.7. The molecule has 0 radical (unpaired) electrons. The maximum Gasteiger partial charge on any atom is 0.407 e. The van der Waals surface area contributed by atoms with Crippen LogP contribution in [0.15, 0.2) is 60.8 Å². The van der Waals surface area contributed by atoms with Gasteiger partial charge >= 0.3 is 6.09 Å². The number of ether oxygens (including phenoxy) is 2. The minimum absolute atomic E-state index is 0.00667. The highest BCUT2D eigenvalue weighted by atomic mass is 16.5. The van der Waals surface area contributed by atoms with Crippen molar-refractivity contribution in [3.05, 3.63) is 100 Å². The molecule has 2 aromatic heterocycles. The summed E-state index contributed by atoms with van der Waals surface area (Å²) in [5.41, 5.74) is 11.5. The van der Waals surface area contributed by atoms with Crippen LogP contribution in [0.1, 0.15) is 148 Å². The van der Waals surface area contributed by atoms with Gasteiger partial charge in [0.05, 0.1) is 36.8 Å². The molecular weight excluding hydrogens is 857 g/mol. The van der Waals surface area contributed by atoms with Crippen molar-refractivity contribution in [1.29, 1.82) is 0 Å². The molecule has 14 nitrogen and oxygen atoms in total. The number of aromatic amines is 2. The van der Waals surface area contributed by atoms with Crippen molar-refractivity contribution in [3.8, 4) is 39.4 Å². The monoisotopic (exact) mass is 918 g/mol. The molecule has 2 saturated heterocycles. The fourth-order valence-electron chi connectivity index (χ4n) is 11.5. The summed E-state index contributed by atoms with van der Waals surface area (Å²) in [5, 5.41) is 5.90. The number of benzene rings is 3. The van der Waals surface area contributed by atoms with Gasteiger partial charge in [0, 0.05) is 35.8 Å². The number of fused-ring (bicyclic) bond motifs is 6. The molecule has 5 heterocycles. The molecule has 68 heavy (non-hydrogen) atoms. The van der Waals surface area contributed by atoms with Crippen LogP contribution in [0.5, 0.6) is 5.75 Å². The number of imidazole rings is 2. The lowest BCUT2D eigenvalue weighted by Crippen LogP contribution is -2.51. The zero-order chi connectivity index (χ0) is 46.6. The Balaban J connectivity index is 0.810. The Bertz CT molecular complexity index is 2750. The van der Waals surface area contributed by atoms with Gasteiger partial charge in [-0.15, -0.1) is 0 Å². The molecule has 4 amide bonds.